The molecule has 31 heavy (non-hydrogen) atoms. The van der Waals surface area contributed by atoms with Crippen LogP contribution in [0.4, 0.5) is 4.39 Å². The van der Waals surface area contributed by atoms with E-state index < -0.39 is 0 Å². The Morgan fingerprint density at radius 2 is 1.58 bits per heavy atom. The molecule has 0 saturated carbocycles. The molecule has 156 valence electrons. The van der Waals surface area contributed by atoms with Gasteiger partial charge in [0, 0.05) is 23.7 Å². The van der Waals surface area contributed by atoms with Crippen molar-refractivity contribution in [1.29, 1.82) is 0 Å². The average molecular weight is 415 g/mol. The molecule has 1 unspecified atom stereocenters. The first kappa shape index (κ1) is 20.5. The van der Waals surface area contributed by atoms with Crippen LogP contribution in [0.1, 0.15) is 34.5 Å². The van der Waals surface area contributed by atoms with Gasteiger partial charge in [-0.1, -0.05) is 30.3 Å². The summed E-state index contributed by atoms with van der Waals surface area (Å²) in [6.07, 6.45) is 0. The summed E-state index contributed by atoms with van der Waals surface area (Å²) in [4.78, 5) is 14.5. The molecular formula is C25H22FN3O2. The molecule has 1 heterocycles. The van der Waals surface area contributed by atoms with Crippen molar-refractivity contribution < 1.29 is 13.6 Å². The van der Waals surface area contributed by atoms with Gasteiger partial charge in [-0.3, -0.25) is 4.79 Å². The van der Waals surface area contributed by atoms with Crippen LogP contribution in [0.5, 0.6) is 0 Å². The number of amides is 1. The van der Waals surface area contributed by atoms with Gasteiger partial charge in [0.25, 0.3) is 5.91 Å². The lowest BCUT2D eigenvalue weighted by Gasteiger charge is -2.25. The summed E-state index contributed by atoms with van der Waals surface area (Å²) >= 11 is 0. The van der Waals surface area contributed by atoms with Crippen molar-refractivity contribution in [2.45, 2.75) is 19.9 Å². The largest absolute Gasteiger partial charge is 0.416 e. The van der Waals surface area contributed by atoms with Crippen LogP contribution < -0.4 is 0 Å². The highest BCUT2D eigenvalue weighted by atomic mass is 19.1. The third-order valence-corrected chi connectivity index (χ3v) is 5.43. The number of halogens is 1. The Morgan fingerprint density at radius 1 is 0.935 bits per heavy atom. The third-order valence-electron chi connectivity index (χ3n) is 5.43. The zero-order chi connectivity index (χ0) is 22.0. The monoisotopic (exact) mass is 415 g/mol. The standard InChI is InChI=1S/C25H22FN3O2/c1-16-6-4-5-7-22(16)24-28-27-23(31-24)19-8-10-20(11-9-19)25(30)29(3)17(2)18-12-14-21(26)15-13-18/h4-15,17H,1-3H3. The molecule has 0 radical (unpaired) electrons. The van der Waals surface area contributed by atoms with Crippen LogP contribution >= 0.6 is 0 Å². The smallest absolute Gasteiger partial charge is 0.254 e. The second-order valence-corrected chi connectivity index (χ2v) is 7.45. The number of hydrogen-bond acceptors (Lipinski definition) is 4. The topological polar surface area (TPSA) is 59.2 Å². The van der Waals surface area contributed by atoms with E-state index in [9.17, 15) is 9.18 Å². The lowest BCUT2D eigenvalue weighted by Crippen LogP contribution is -2.29. The van der Waals surface area contributed by atoms with E-state index in [1.54, 1.807) is 48.3 Å². The Bertz CT molecular complexity index is 1200. The molecular weight excluding hydrogens is 393 g/mol. The highest BCUT2D eigenvalue weighted by Gasteiger charge is 2.19. The fraction of sp³-hybridized carbons (Fsp3) is 0.160. The van der Waals surface area contributed by atoms with E-state index in [1.807, 2.05) is 38.1 Å². The van der Waals surface area contributed by atoms with Gasteiger partial charge in [0.1, 0.15) is 5.82 Å². The van der Waals surface area contributed by atoms with Gasteiger partial charge in [-0.2, -0.15) is 0 Å². The number of rotatable bonds is 5. The summed E-state index contributed by atoms with van der Waals surface area (Å²) in [6.45, 7) is 3.90. The van der Waals surface area contributed by atoms with Crippen LogP contribution in [0.15, 0.2) is 77.2 Å². The van der Waals surface area contributed by atoms with Gasteiger partial charge < -0.3 is 9.32 Å². The molecule has 6 heteroatoms. The van der Waals surface area contributed by atoms with E-state index in [2.05, 4.69) is 10.2 Å². The molecule has 0 aliphatic rings. The van der Waals surface area contributed by atoms with E-state index in [0.717, 1.165) is 22.3 Å². The number of nitrogens with zero attached hydrogens (tertiary/aromatic N) is 3. The number of carbonyl (C=O) groups is 1. The van der Waals surface area contributed by atoms with Crippen molar-refractivity contribution in [2.75, 3.05) is 7.05 Å². The molecule has 0 N–H and O–H groups in total. The maximum absolute atomic E-state index is 13.2. The number of carbonyl (C=O) groups excluding carboxylic acids is 1. The Hall–Kier alpha value is -3.80. The Balaban J connectivity index is 1.51. The summed E-state index contributed by atoms with van der Waals surface area (Å²) in [5.74, 6) is 0.424. The number of hydrogen-bond donors (Lipinski definition) is 0. The van der Waals surface area contributed by atoms with E-state index in [1.165, 1.54) is 12.1 Å². The second-order valence-electron chi connectivity index (χ2n) is 7.45. The van der Waals surface area contributed by atoms with Crippen LogP contribution in [-0.4, -0.2) is 28.1 Å². The molecule has 3 aromatic carbocycles. The SMILES string of the molecule is Cc1ccccc1-c1nnc(-c2ccc(C(=O)N(C)C(C)c3ccc(F)cc3)cc2)o1. The van der Waals surface area contributed by atoms with Crippen LogP contribution in [0.25, 0.3) is 22.9 Å². The molecule has 1 aromatic heterocycles. The average Bonchev–Trinajstić information content (AvgIpc) is 3.28. The van der Waals surface area contributed by atoms with Crippen molar-refractivity contribution in [3.05, 3.63) is 95.3 Å². The zero-order valence-electron chi connectivity index (χ0n) is 17.5. The maximum Gasteiger partial charge on any atom is 0.254 e. The maximum atomic E-state index is 13.2. The van der Waals surface area contributed by atoms with E-state index in [-0.39, 0.29) is 17.8 Å². The molecule has 1 atom stereocenters. The molecule has 0 fully saturated rings. The predicted octanol–water partition coefficient (Wildman–Crippen LogP) is 5.68. The molecule has 5 nitrogen and oxygen atoms in total. The van der Waals surface area contributed by atoms with Crippen molar-refractivity contribution in [2.24, 2.45) is 0 Å². The van der Waals surface area contributed by atoms with Gasteiger partial charge in [0.05, 0.1) is 6.04 Å². The summed E-state index contributed by atoms with van der Waals surface area (Å²) in [7, 11) is 1.73. The second kappa shape index (κ2) is 8.52. The molecule has 0 saturated heterocycles. The summed E-state index contributed by atoms with van der Waals surface area (Å²) in [5, 5.41) is 8.30. The minimum Gasteiger partial charge on any atom is -0.416 e. The number of aryl methyl sites for hydroxylation is 1. The Morgan fingerprint density at radius 3 is 2.26 bits per heavy atom. The molecule has 0 aliphatic carbocycles. The van der Waals surface area contributed by atoms with E-state index in [0.29, 0.717) is 17.3 Å². The van der Waals surface area contributed by atoms with E-state index in [4.69, 9.17) is 4.42 Å². The quantitative estimate of drug-likeness (QED) is 0.420. The molecule has 0 aliphatic heterocycles. The van der Waals surface area contributed by atoms with Crippen LogP contribution in [0.2, 0.25) is 0 Å². The molecule has 4 aromatic rings. The number of benzene rings is 3. The highest BCUT2D eigenvalue weighted by Crippen LogP contribution is 2.27. The van der Waals surface area contributed by atoms with E-state index >= 15 is 0 Å². The molecule has 0 spiro atoms. The lowest BCUT2D eigenvalue weighted by molar-refractivity contribution is 0.0742. The first-order valence-electron chi connectivity index (χ1n) is 9.96. The van der Waals surface area contributed by atoms with Crippen LogP contribution in [-0.2, 0) is 0 Å². The van der Waals surface area contributed by atoms with Crippen molar-refractivity contribution in [1.82, 2.24) is 15.1 Å². The zero-order valence-corrected chi connectivity index (χ0v) is 17.5. The fourth-order valence-corrected chi connectivity index (χ4v) is 3.36. The van der Waals surface area contributed by atoms with Crippen molar-refractivity contribution >= 4 is 5.91 Å². The Kier molecular flexibility index (Phi) is 5.62. The summed E-state index contributed by atoms with van der Waals surface area (Å²) < 4.78 is 19.0. The lowest BCUT2D eigenvalue weighted by atomic mass is 10.1. The van der Waals surface area contributed by atoms with Crippen molar-refractivity contribution in [3.63, 3.8) is 0 Å². The van der Waals surface area contributed by atoms with Crippen LogP contribution in [0, 0.1) is 12.7 Å². The normalized spacial score (nSPS) is 11.9. The molecule has 0 bridgehead atoms. The third kappa shape index (κ3) is 4.23. The van der Waals surface area contributed by atoms with Crippen LogP contribution in [0.3, 0.4) is 0 Å². The van der Waals surface area contributed by atoms with Gasteiger partial charge in [0.2, 0.25) is 11.8 Å². The molecule has 4 rings (SSSR count). The number of aromatic nitrogens is 2. The summed E-state index contributed by atoms with van der Waals surface area (Å²) in [6, 6.07) is 20.8. The van der Waals surface area contributed by atoms with Gasteiger partial charge >= 0.3 is 0 Å². The van der Waals surface area contributed by atoms with Gasteiger partial charge in [-0.15, -0.1) is 10.2 Å². The van der Waals surface area contributed by atoms with Gasteiger partial charge in [-0.05, 0) is 67.4 Å². The Labute approximate surface area is 180 Å². The van der Waals surface area contributed by atoms with Gasteiger partial charge in [-0.25, -0.2) is 4.39 Å². The first-order valence-corrected chi connectivity index (χ1v) is 9.96. The van der Waals surface area contributed by atoms with Gasteiger partial charge in [0.15, 0.2) is 0 Å². The first-order chi connectivity index (χ1) is 14.9. The highest BCUT2D eigenvalue weighted by molar-refractivity contribution is 5.94. The minimum absolute atomic E-state index is 0.130. The minimum atomic E-state index is -0.299. The summed E-state index contributed by atoms with van der Waals surface area (Å²) in [5.41, 5.74) is 4.09. The molecule has 1 amide bonds. The van der Waals surface area contributed by atoms with Crippen molar-refractivity contribution in [3.8, 4) is 22.9 Å². The fourth-order valence-electron chi connectivity index (χ4n) is 3.36. The predicted molar refractivity (Wildman–Crippen MR) is 117 cm³/mol.